The molecule has 2 aromatic rings. The van der Waals surface area contributed by atoms with Crippen LogP contribution in [0.5, 0.6) is 0 Å². The minimum Gasteiger partial charge on any atom is -0.355 e. The smallest absolute Gasteiger partial charge is 0.266 e. The molecule has 2 atom stereocenters. The summed E-state index contributed by atoms with van der Waals surface area (Å²) in [6.45, 7) is 1.27. The van der Waals surface area contributed by atoms with Crippen LogP contribution in [0.2, 0.25) is 0 Å². The van der Waals surface area contributed by atoms with Crippen LogP contribution in [0.3, 0.4) is 0 Å². The van der Waals surface area contributed by atoms with Crippen LogP contribution < -0.4 is 10.6 Å². The first-order chi connectivity index (χ1) is 12.8. The average Bonchev–Trinajstić information content (AvgIpc) is 3.15. The highest BCUT2D eigenvalue weighted by atomic mass is 19.3. The maximum atomic E-state index is 14.0. The minimum absolute atomic E-state index is 0.165. The van der Waals surface area contributed by atoms with Crippen molar-refractivity contribution in [3.8, 4) is 11.3 Å². The molecule has 144 valence electrons. The van der Waals surface area contributed by atoms with Crippen molar-refractivity contribution in [2.45, 2.75) is 25.3 Å². The zero-order valence-corrected chi connectivity index (χ0v) is 14.2. The van der Waals surface area contributed by atoms with E-state index in [4.69, 9.17) is 5.73 Å². The number of benzene rings is 1. The normalized spacial score (nSPS) is 22.7. The average molecular weight is 384 g/mol. The first kappa shape index (κ1) is 18.1. The molecule has 1 saturated carbocycles. The van der Waals surface area contributed by atoms with E-state index in [1.807, 2.05) is 4.90 Å². The van der Waals surface area contributed by atoms with Crippen LogP contribution in [0.1, 0.15) is 24.8 Å². The van der Waals surface area contributed by atoms with Gasteiger partial charge in [0, 0.05) is 36.3 Å². The summed E-state index contributed by atoms with van der Waals surface area (Å²) in [6, 6.07) is 2.26. The molecule has 1 aromatic heterocycles. The Morgan fingerprint density at radius 1 is 1.00 bits per heavy atom. The van der Waals surface area contributed by atoms with Gasteiger partial charge in [-0.15, -0.1) is 10.2 Å². The van der Waals surface area contributed by atoms with Crippen molar-refractivity contribution in [2.24, 2.45) is 17.6 Å². The van der Waals surface area contributed by atoms with Crippen molar-refractivity contribution < 1.29 is 22.0 Å². The van der Waals surface area contributed by atoms with E-state index in [0.29, 0.717) is 37.1 Å². The molecule has 1 aromatic carbocycles. The molecule has 9 heteroatoms. The third kappa shape index (κ3) is 3.24. The number of nitrogens with zero attached hydrogens (tertiary/aromatic N) is 3. The maximum absolute atomic E-state index is 14.0. The lowest BCUT2D eigenvalue weighted by molar-refractivity contribution is 0.151. The lowest BCUT2D eigenvalue weighted by Crippen LogP contribution is -2.26. The van der Waals surface area contributed by atoms with Gasteiger partial charge < -0.3 is 10.6 Å². The van der Waals surface area contributed by atoms with Gasteiger partial charge in [0.25, 0.3) is 6.43 Å². The molecule has 0 spiro atoms. The molecule has 27 heavy (non-hydrogen) atoms. The van der Waals surface area contributed by atoms with Crippen molar-refractivity contribution in [3.05, 3.63) is 41.2 Å². The number of nitrogens with two attached hydrogens (primary N) is 1. The quantitative estimate of drug-likeness (QED) is 0.648. The molecule has 2 aliphatic rings. The van der Waals surface area contributed by atoms with Crippen LogP contribution in [0.15, 0.2) is 18.2 Å². The second kappa shape index (κ2) is 6.70. The summed E-state index contributed by atoms with van der Waals surface area (Å²) >= 11 is 0. The monoisotopic (exact) mass is 384 g/mol. The highest BCUT2D eigenvalue weighted by Crippen LogP contribution is 2.40. The number of rotatable bonds is 3. The fourth-order valence-corrected chi connectivity index (χ4v) is 4.19. The van der Waals surface area contributed by atoms with Crippen molar-refractivity contribution in [1.82, 2.24) is 10.2 Å². The molecule has 0 amide bonds. The van der Waals surface area contributed by atoms with Gasteiger partial charge in [-0.3, -0.25) is 0 Å². The number of fused-ring (bicyclic) bond motifs is 1. The van der Waals surface area contributed by atoms with Gasteiger partial charge >= 0.3 is 0 Å². The topological polar surface area (TPSA) is 55.0 Å². The second-order valence-corrected chi connectivity index (χ2v) is 7.21. The standard InChI is InChI=1S/C18H17F5N4/c19-10-3-12(16(21)14(20)4-10)17-13(18(22)23)5-15(25-26-17)27-6-8-1-11(24)2-9(8)7-27/h3-5,8-9,11,18H,1-2,6-7,24H2/t8-,9-/m1/s1. The van der Waals surface area contributed by atoms with Crippen molar-refractivity contribution >= 4 is 5.82 Å². The largest absolute Gasteiger partial charge is 0.355 e. The molecule has 4 rings (SSSR count). The summed E-state index contributed by atoms with van der Waals surface area (Å²) in [5.41, 5.74) is 4.10. The van der Waals surface area contributed by atoms with E-state index < -0.39 is 40.7 Å². The molecular formula is C18H17F5N4. The molecule has 2 fully saturated rings. The first-order valence-corrected chi connectivity index (χ1v) is 8.64. The lowest BCUT2D eigenvalue weighted by Gasteiger charge is -2.20. The van der Waals surface area contributed by atoms with Gasteiger partial charge in [0.15, 0.2) is 17.5 Å². The Morgan fingerprint density at radius 3 is 2.30 bits per heavy atom. The van der Waals surface area contributed by atoms with E-state index in [1.54, 1.807) is 0 Å². The molecule has 1 aliphatic carbocycles. The highest BCUT2D eigenvalue weighted by Gasteiger charge is 2.40. The maximum Gasteiger partial charge on any atom is 0.266 e. The number of alkyl halides is 2. The Labute approximate surface area is 152 Å². The molecule has 0 unspecified atom stereocenters. The molecule has 1 aliphatic heterocycles. The van der Waals surface area contributed by atoms with Gasteiger partial charge in [-0.2, -0.15) is 0 Å². The van der Waals surface area contributed by atoms with Crippen LogP contribution in [0.25, 0.3) is 11.3 Å². The van der Waals surface area contributed by atoms with Crippen molar-refractivity contribution in [1.29, 1.82) is 0 Å². The fraction of sp³-hybridized carbons (Fsp3) is 0.444. The van der Waals surface area contributed by atoms with Gasteiger partial charge in [-0.05, 0) is 36.8 Å². The summed E-state index contributed by atoms with van der Waals surface area (Å²) < 4.78 is 68.1. The number of aromatic nitrogens is 2. The van der Waals surface area contributed by atoms with Gasteiger partial charge in [-0.25, -0.2) is 22.0 Å². The Balaban J connectivity index is 1.70. The fourth-order valence-electron chi connectivity index (χ4n) is 4.19. The molecule has 2 heterocycles. The van der Waals surface area contributed by atoms with Gasteiger partial charge in [-0.1, -0.05) is 0 Å². The van der Waals surface area contributed by atoms with E-state index in [1.165, 1.54) is 0 Å². The molecule has 2 N–H and O–H groups in total. The van der Waals surface area contributed by atoms with E-state index in [2.05, 4.69) is 10.2 Å². The third-order valence-electron chi connectivity index (χ3n) is 5.41. The molecule has 0 radical (unpaired) electrons. The molecule has 4 nitrogen and oxygen atoms in total. The summed E-state index contributed by atoms with van der Waals surface area (Å²) in [7, 11) is 0. The zero-order chi connectivity index (χ0) is 19.3. The second-order valence-electron chi connectivity index (χ2n) is 7.21. The van der Waals surface area contributed by atoms with Crippen LogP contribution in [-0.2, 0) is 0 Å². The van der Waals surface area contributed by atoms with Crippen molar-refractivity contribution in [2.75, 3.05) is 18.0 Å². The van der Waals surface area contributed by atoms with E-state index in [0.717, 1.165) is 18.9 Å². The van der Waals surface area contributed by atoms with E-state index >= 15 is 0 Å². The Kier molecular flexibility index (Phi) is 4.49. The van der Waals surface area contributed by atoms with E-state index in [-0.39, 0.29) is 11.9 Å². The third-order valence-corrected chi connectivity index (χ3v) is 5.41. The van der Waals surface area contributed by atoms with Gasteiger partial charge in [0.05, 0.1) is 0 Å². The number of halogens is 5. The SMILES string of the molecule is NC1C[C@@H]2CN(c3cc(C(F)F)c(-c4cc(F)cc(F)c4F)nn3)C[C@H]2C1. The summed E-state index contributed by atoms with van der Waals surface area (Å²) in [5.74, 6) is -2.99. The van der Waals surface area contributed by atoms with Gasteiger partial charge in [0.1, 0.15) is 11.5 Å². The molecule has 1 saturated heterocycles. The molecular weight excluding hydrogens is 367 g/mol. The zero-order valence-electron chi connectivity index (χ0n) is 14.2. The summed E-state index contributed by atoms with van der Waals surface area (Å²) in [5, 5.41) is 7.62. The highest BCUT2D eigenvalue weighted by molar-refractivity contribution is 5.65. The van der Waals surface area contributed by atoms with Crippen LogP contribution >= 0.6 is 0 Å². The first-order valence-electron chi connectivity index (χ1n) is 8.64. The number of hydrogen-bond donors (Lipinski definition) is 1. The number of anilines is 1. The van der Waals surface area contributed by atoms with Crippen LogP contribution in [-0.4, -0.2) is 29.3 Å². The van der Waals surface area contributed by atoms with E-state index in [9.17, 15) is 22.0 Å². The summed E-state index contributed by atoms with van der Waals surface area (Å²) in [6.07, 6.45) is -1.25. The van der Waals surface area contributed by atoms with Crippen molar-refractivity contribution in [3.63, 3.8) is 0 Å². The predicted molar refractivity (Wildman–Crippen MR) is 88.7 cm³/mol. The van der Waals surface area contributed by atoms with Crippen LogP contribution in [0, 0.1) is 29.3 Å². The Hall–Kier alpha value is -2.29. The predicted octanol–water partition coefficient (Wildman–Crippen LogP) is 3.67. The van der Waals surface area contributed by atoms with Crippen LogP contribution in [0.4, 0.5) is 27.8 Å². The Morgan fingerprint density at radius 2 is 1.67 bits per heavy atom. The number of hydrogen-bond acceptors (Lipinski definition) is 4. The minimum atomic E-state index is -3.00. The Bertz CT molecular complexity index is 861. The summed E-state index contributed by atoms with van der Waals surface area (Å²) in [4.78, 5) is 1.85. The molecule has 0 bridgehead atoms. The van der Waals surface area contributed by atoms with Gasteiger partial charge in [0.2, 0.25) is 0 Å². The lowest BCUT2D eigenvalue weighted by atomic mass is 10.0.